The van der Waals surface area contributed by atoms with Gasteiger partial charge in [0.15, 0.2) is 0 Å². The Balaban J connectivity index is 2.20. The third-order valence-electron chi connectivity index (χ3n) is 3.74. The first-order valence-corrected chi connectivity index (χ1v) is 5.31. The van der Waals surface area contributed by atoms with Crippen molar-refractivity contribution in [1.82, 2.24) is 0 Å². The third kappa shape index (κ3) is 1.23. The molecule has 0 aromatic heterocycles. The maximum absolute atomic E-state index is 5.93. The van der Waals surface area contributed by atoms with Crippen LogP contribution in [0.3, 0.4) is 0 Å². The summed E-state index contributed by atoms with van der Waals surface area (Å²) in [6.07, 6.45) is 0.333. The molecule has 2 heteroatoms. The molecule has 0 N–H and O–H groups in total. The van der Waals surface area contributed by atoms with E-state index in [-0.39, 0.29) is 5.60 Å². The van der Waals surface area contributed by atoms with E-state index in [1.165, 1.54) is 0 Å². The van der Waals surface area contributed by atoms with Gasteiger partial charge in [-0.1, -0.05) is 20.8 Å². The largest absolute Gasteiger partial charge is 0.374 e. The Hall–Kier alpha value is -0.0800. The van der Waals surface area contributed by atoms with Gasteiger partial charge in [-0.15, -0.1) is 0 Å². The first-order valence-electron chi connectivity index (χ1n) is 5.31. The van der Waals surface area contributed by atoms with Crippen LogP contribution < -0.4 is 0 Å². The summed E-state index contributed by atoms with van der Waals surface area (Å²) in [7, 11) is 0. The summed E-state index contributed by atoms with van der Waals surface area (Å²) < 4.78 is 11.8. The minimum atomic E-state index is -0.00637. The second kappa shape index (κ2) is 2.96. The SMILES string of the molecule is CC(C)C1COC2C(C)COC12C. The summed E-state index contributed by atoms with van der Waals surface area (Å²) in [5, 5.41) is 0. The fraction of sp³-hybridized carbons (Fsp3) is 1.00. The molecule has 2 nitrogen and oxygen atoms in total. The first kappa shape index (κ1) is 9.47. The van der Waals surface area contributed by atoms with Gasteiger partial charge < -0.3 is 9.47 Å². The highest BCUT2D eigenvalue weighted by Gasteiger charge is 2.55. The van der Waals surface area contributed by atoms with Gasteiger partial charge in [0.2, 0.25) is 0 Å². The zero-order valence-electron chi connectivity index (χ0n) is 9.04. The normalized spacial score (nSPS) is 50.1. The lowest BCUT2D eigenvalue weighted by Gasteiger charge is -2.31. The van der Waals surface area contributed by atoms with Crippen LogP contribution in [0.5, 0.6) is 0 Å². The Bertz CT molecular complexity index is 202. The van der Waals surface area contributed by atoms with Gasteiger partial charge in [0, 0.05) is 11.8 Å². The molecule has 0 amide bonds. The molecule has 0 saturated carbocycles. The molecule has 2 aliphatic heterocycles. The van der Waals surface area contributed by atoms with Gasteiger partial charge in [-0.25, -0.2) is 0 Å². The molecule has 0 aromatic rings. The van der Waals surface area contributed by atoms with E-state index >= 15 is 0 Å². The third-order valence-corrected chi connectivity index (χ3v) is 3.74. The summed E-state index contributed by atoms with van der Waals surface area (Å²) in [6, 6.07) is 0. The van der Waals surface area contributed by atoms with Crippen LogP contribution in [0.2, 0.25) is 0 Å². The summed E-state index contributed by atoms with van der Waals surface area (Å²) >= 11 is 0. The molecule has 13 heavy (non-hydrogen) atoms. The van der Waals surface area contributed by atoms with E-state index in [1.807, 2.05) is 0 Å². The summed E-state index contributed by atoms with van der Waals surface area (Å²) in [5.41, 5.74) is -0.00637. The Morgan fingerprint density at radius 1 is 1.31 bits per heavy atom. The van der Waals surface area contributed by atoms with E-state index in [2.05, 4.69) is 27.7 Å². The molecule has 2 fully saturated rings. The van der Waals surface area contributed by atoms with Crippen LogP contribution >= 0.6 is 0 Å². The van der Waals surface area contributed by atoms with Gasteiger partial charge in [-0.05, 0) is 12.8 Å². The van der Waals surface area contributed by atoms with Gasteiger partial charge in [-0.3, -0.25) is 0 Å². The van der Waals surface area contributed by atoms with Crippen molar-refractivity contribution in [1.29, 1.82) is 0 Å². The number of fused-ring (bicyclic) bond motifs is 1. The zero-order chi connectivity index (χ0) is 9.64. The lowest BCUT2D eigenvalue weighted by atomic mass is 9.79. The number of rotatable bonds is 1. The molecule has 0 aromatic carbocycles. The molecule has 0 radical (unpaired) electrons. The molecule has 4 atom stereocenters. The van der Waals surface area contributed by atoms with E-state index < -0.39 is 0 Å². The minimum Gasteiger partial charge on any atom is -0.374 e. The Morgan fingerprint density at radius 3 is 2.62 bits per heavy atom. The molecule has 0 aliphatic carbocycles. The lowest BCUT2D eigenvalue weighted by Crippen LogP contribution is -2.41. The molecule has 2 saturated heterocycles. The summed E-state index contributed by atoms with van der Waals surface area (Å²) in [6.45, 7) is 10.7. The maximum Gasteiger partial charge on any atom is 0.0970 e. The van der Waals surface area contributed by atoms with Crippen LogP contribution in [0.4, 0.5) is 0 Å². The quantitative estimate of drug-likeness (QED) is 0.621. The van der Waals surface area contributed by atoms with Crippen molar-refractivity contribution in [2.75, 3.05) is 13.2 Å². The molecule has 76 valence electrons. The minimum absolute atomic E-state index is 0.00637. The molecule has 0 bridgehead atoms. The van der Waals surface area contributed by atoms with Gasteiger partial charge in [0.05, 0.1) is 24.9 Å². The van der Waals surface area contributed by atoms with E-state index in [0.717, 1.165) is 13.2 Å². The van der Waals surface area contributed by atoms with Gasteiger partial charge >= 0.3 is 0 Å². The van der Waals surface area contributed by atoms with Crippen molar-refractivity contribution in [3.8, 4) is 0 Å². The smallest absolute Gasteiger partial charge is 0.0970 e. The predicted molar refractivity (Wildman–Crippen MR) is 51.6 cm³/mol. The second-order valence-electron chi connectivity index (χ2n) is 5.08. The predicted octanol–water partition coefficient (Wildman–Crippen LogP) is 2.08. The Morgan fingerprint density at radius 2 is 2.00 bits per heavy atom. The maximum atomic E-state index is 5.93. The van der Waals surface area contributed by atoms with Crippen molar-refractivity contribution in [2.24, 2.45) is 17.8 Å². The Labute approximate surface area is 80.6 Å². The fourth-order valence-corrected chi connectivity index (χ4v) is 2.92. The lowest BCUT2D eigenvalue weighted by molar-refractivity contribution is -0.0375. The van der Waals surface area contributed by atoms with Crippen LogP contribution in [0.1, 0.15) is 27.7 Å². The second-order valence-corrected chi connectivity index (χ2v) is 5.08. The highest BCUT2D eigenvalue weighted by molar-refractivity contribution is 5.03. The van der Waals surface area contributed by atoms with Crippen LogP contribution in [0.15, 0.2) is 0 Å². The van der Waals surface area contributed by atoms with E-state index in [4.69, 9.17) is 9.47 Å². The first-order chi connectivity index (χ1) is 6.05. The topological polar surface area (TPSA) is 18.5 Å². The average molecular weight is 184 g/mol. The van der Waals surface area contributed by atoms with Gasteiger partial charge in [0.1, 0.15) is 0 Å². The van der Waals surface area contributed by atoms with E-state index in [0.29, 0.717) is 23.9 Å². The van der Waals surface area contributed by atoms with Crippen LogP contribution in [-0.2, 0) is 9.47 Å². The van der Waals surface area contributed by atoms with Crippen molar-refractivity contribution >= 4 is 0 Å². The highest BCUT2D eigenvalue weighted by Crippen LogP contribution is 2.46. The average Bonchev–Trinajstić information content (AvgIpc) is 2.50. The summed E-state index contributed by atoms with van der Waals surface area (Å²) in [5.74, 6) is 1.79. The molecule has 2 heterocycles. The van der Waals surface area contributed by atoms with E-state index in [9.17, 15) is 0 Å². The number of hydrogen-bond acceptors (Lipinski definition) is 2. The molecule has 2 rings (SSSR count). The molecule has 2 aliphatic rings. The van der Waals surface area contributed by atoms with E-state index in [1.54, 1.807) is 0 Å². The molecular formula is C11H20O2. The van der Waals surface area contributed by atoms with Crippen molar-refractivity contribution in [3.05, 3.63) is 0 Å². The molecule has 4 unspecified atom stereocenters. The number of hydrogen-bond donors (Lipinski definition) is 0. The van der Waals surface area contributed by atoms with Crippen molar-refractivity contribution in [3.63, 3.8) is 0 Å². The van der Waals surface area contributed by atoms with Crippen LogP contribution in [0.25, 0.3) is 0 Å². The Kier molecular flexibility index (Phi) is 2.16. The summed E-state index contributed by atoms with van der Waals surface area (Å²) in [4.78, 5) is 0. The fourth-order valence-electron chi connectivity index (χ4n) is 2.92. The van der Waals surface area contributed by atoms with Crippen LogP contribution in [-0.4, -0.2) is 24.9 Å². The zero-order valence-corrected chi connectivity index (χ0v) is 9.04. The standard InChI is InChI=1S/C11H20O2/c1-7(2)9-6-12-10-8(3)5-13-11(9,10)4/h7-10H,5-6H2,1-4H3. The molecule has 0 spiro atoms. The van der Waals surface area contributed by atoms with Crippen molar-refractivity contribution in [2.45, 2.75) is 39.4 Å². The molecular weight excluding hydrogens is 164 g/mol. The van der Waals surface area contributed by atoms with Gasteiger partial charge in [0.25, 0.3) is 0 Å². The van der Waals surface area contributed by atoms with Gasteiger partial charge in [-0.2, -0.15) is 0 Å². The van der Waals surface area contributed by atoms with Crippen molar-refractivity contribution < 1.29 is 9.47 Å². The highest BCUT2D eigenvalue weighted by atomic mass is 16.6. The number of ether oxygens (including phenoxy) is 2. The van der Waals surface area contributed by atoms with Crippen LogP contribution in [0, 0.1) is 17.8 Å². The monoisotopic (exact) mass is 184 g/mol.